The Morgan fingerprint density at radius 3 is 2.56 bits per heavy atom. The van der Waals surface area contributed by atoms with Gasteiger partial charge in [0.15, 0.2) is 5.76 Å². The number of ether oxygens (including phenoxy) is 1. The zero-order chi connectivity index (χ0) is 19.4. The van der Waals surface area contributed by atoms with Crippen molar-refractivity contribution in [1.29, 1.82) is 0 Å². The lowest BCUT2D eigenvalue weighted by Crippen LogP contribution is -2.37. The molecule has 0 saturated carbocycles. The van der Waals surface area contributed by atoms with Crippen LogP contribution in [-0.2, 0) is 4.79 Å². The van der Waals surface area contributed by atoms with E-state index in [-0.39, 0.29) is 23.7 Å². The van der Waals surface area contributed by atoms with Gasteiger partial charge in [0, 0.05) is 25.6 Å². The van der Waals surface area contributed by atoms with Gasteiger partial charge in [-0.3, -0.25) is 9.59 Å². The number of rotatable bonds is 6. The Bertz CT molecular complexity index is 768. The second-order valence-electron chi connectivity index (χ2n) is 7.31. The first-order valence-corrected chi connectivity index (χ1v) is 9.24. The van der Waals surface area contributed by atoms with E-state index in [1.807, 2.05) is 24.3 Å². The molecule has 1 N–H and O–H groups in total. The topological polar surface area (TPSA) is 71.8 Å². The molecular weight excluding hydrogens is 344 g/mol. The number of benzene rings is 1. The predicted octanol–water partition coefficient (Wildman–Crippen LogP) is 2.92. The number of amides is 2. The largest absolute Gasteiger partial charge is 0.497 e. The van der Waals surface area contributed by atoms with E-state index in [9.17, 15) is 9.59 Å². The highest BCUT2D eigenvalue weighted by Gasteiger charge is 2.41. The monoisotopic (exact) mass is 370 g/mol. The van der Waals surface area contributed by atoms with Crippen molar-refractivity contribution in [3.05, 3.63) is 54.0 Å². The van der Waals surface area contributed by atoms with Crippen LogP contribution in [0.15, 0.2) is 47.1 Å². The van der Waals surface area contributed by atoms with E-state index in [0.29, 0.717) is 31.3 Å². The van der Waals surface area contributed by atoms with Gasteiger partial charge in [0.1, 0.15) is 5.75 Å². The minimum atomic E-state index is -0.295. The van der Waals surface area contributed by atoms with E-state index in [0.717, 1.165) is 11.3 Å². The third-order valence-electron chi connectivity index (χ3n) is 4.90. The summed E-state index contributed by atoms with van der Waals surface area (Å²) < 4.78 is 10.5. The van der Waals surface area contributed by atoms with E-state index in [1.165, 1.54) is 6.26 Å². The maximum atomic E-state index is 12.8. The van der Waals surface area contributed by atoms with Crippen LogP contribution in [0.25, 0.3) is 0 Å². The average Bonchev–Trinajstić information content (AvgIpc) is 3.35. The first kappa shape index (κ1) is 19.0. The van der Waals surface area contributed by atoms with Gasteiger partial charge in [-0.2, -0.15) is 0 Å². The molecule has 2 heterocycles. The van der Waals surface area contributed by atoms with Gasteiger partial charge in [0.05, 0.1) is 19.3 Å². The molecule has 144 valence electrons. The first-order chi connectivity index (χ1) is 13.0. The molecule has 2 amide bonds. The van der Waals surface area contributed by atoms with Gasteiger partial charge >= 0.3 is 0 Å². The molecule has 3 rings (SSSR count). The molecule has 1 fully saturated rings. The van der Waals surface area contributed by atoms with Gasteiger partial charge in [-0.05, 0) is 35.7 Å². The minimum Gasteiger partial charge on any atom is -0.497 e. The summed E-state index contributed by atoms with van der Waals surface area (Å²) in [5.41, 5.74) is 1.02. The maximum absolute atomic E-state index is 12.8. The summed E-state index contributed by atoms with van der Waals surface area (Å²) in [5.74, 6) is 0.874. The van der Waals surface area contributed by atoms with Crippen molar-refractivity contribution in [2.75, 3.05) is 26.7 Å². The number of hydrogen-bond donors (Lipinski definition) is 1. The molecule has 1 aliphatic heterocycles. The molecule has 0 radical (unpaired) electrons. The summed E-state index contributed by atoms with van der Waals surface area (Å²) in [6.07, 6.45) is 1.48. The second-order valence-corrected chi connectivity index (χ2v) is 7.31. The Morgan fingerprint density at radius 1 is 1.22 bits per heavy atom. The first-order valence-electron chi connectivity index (χ1n) is 9.24. The van der Waals surface area contributed by atoms with Crippen LogP contribution in [-0.4, -0.2) is 43.5 Å². The Balaban J connectivity index is 1.81. The number of nitrogens with zero attached hydrogens (tertiary/aromatic N) is 1. The van der Waals surface area contributed by atoms with Gasteiger partial charge < -0.3 is 19.4 Å². The van der Waals surface area contributed by atoms with Crippen LogP contribution in [0.4, 0.5) is 0 Å². The van der Waals surface area contributed by atoms with Gasteiger partial charge in [0.2, 0.25) is 5.91 Å². The van der Waals surface area contributed by atoms with Crippen LogP contribution < -0.4 is 10.1 Å². The van der Waals surface area contributed by atoms with Gasteiger partial charge in [0.25, 0.3) is 5.91 Å². The molecule has 1 aromatic heterocycles. The second kappa shape index (κ2) is 8.29. The predicted molar refractivity (Wildman–Crippen MR) is 102 cm³/mol. The molecule has 0 bridgehead atoms. The summed E-state index contributed by atoms with van der Waals surface area (Å²) in [6.45, 7) is 5.59. The standard InChI is InChI=1S/C21H26N2O4/c1-14(2)11-22-20(24)18-13-23(21(25)19-5-4-10-27-19)12-17(18)15-6-8-16(26-3)9-7-15/h4-10,14,17-18H,11-13H2,1-3H3,(H,22,24)/t17-,18-/m1/s1. The van der Waals surface area contributed by atoms with Crippen LogP contribution in [0, 0.1) is 11.8 Å². The molecule has 2 atom stereocenters. The zero-order valence-electron chi connectivity index (χ0n) is 16.0. The highest BCUT2D eigenvalue weighted by Crippen LogP contribution is 2.34. The Morgan fingerprint density at radius 2 is 1.96 bits per heavy atom. The smallest absolute Gasteiger partial charge is 0.289 e. The molecule has 0 spiro atoms. The zero-order valence-corrected chi connectivity index (χ0v) is 16.0. The molecule has 27 heavy (non-hydrogen) atoms. The van der Waals surface area contributed by atoms with Crippen LogP contribution >= 0.6 is 0 Å². The summed E-state index contributed by atoms with van der Waals surface area (Å²) in [4.78, 5) is 27.2. The van der Waals surface area contributed by atoms with Crippen molar-refractivity contribution in [2.45, 2.75) is 19.8 Å². The molecule has 0 unspecified atom stereocenters. The molecule has 1 saturated heterocycles. The number of carbonyl (C=O) groups excluding carboxylic acids is 2. The normalized spacial score (nSPS) is 19.3. The Kier molecular flexibility index (Phi) is 5.84. The van der Waals surface area contributed by atoms with E-state index in [1.54, 1.807) is 24.1 Å². The third-order valence-corrected chi connectivity index (χ3v) is 4.90. The number of likely N-dealkylation sites (tertiary alicyclic amines) is 1. The number of methoxy groups -OCH3 is 1. The van der Waals surface area contributed by atoms with Crippen LogP contribution in [0.2, 0.25) is 0 Å². The molecular formula is C21H26N2O4. The van der Waals surface area contributed by atoms with Crippen LogP contribution in [0.1, 0.15) is 35.9 Å². The lowest BCUT2D eigenvalue weighted by Gasteiger charge is -2.19. The molecule has 1 aromatic carbocycles. The van der Waals surface area contributed by atoms with Gasteiger partial charge in [-0.15, -0.1) is 0 Å². The fourth-order valence-corrected chi connectivity index (χ4v) is 3.42. The summed E-state index contributed by atoms with van der Waals surface area (Å²) in [7, 11) is 1.62. The minimum absolute atomic E-state index is 0.0146. The number of carbonyl (C=O) groups is 2. The van der Waals surface area contributed by atoms with Crippen LogP contribution in [0.5, 0.6) is 5.75 Å². The molecule has 1 aliphatic rings. The maximum Gasteiger partial charge on any atom is 0.289 e. The highest BCUT2D eigenvalue weighted by atomic mass is 16.5. The van der Waals surface area contributed by atoms with Gasteiger partial charge in [-0.1, -0.05) is 26.0 Å². The average molecular weight is 370 g/mol. The Hall–Kier alpha value is -2.76. The quantitative estimate of drug-likeness (QED) is 0.849. The van der Waals surface area contributed by atoms with Crippen molar-refractivity contribution in [3.8, 4) is 5.75 Å². The number of furan rings is 1. The fourth-order valence-electron chi connectivity index (χ4n) is 3.42. The lowest BCUT2D eigenvalue weighted by atomic mass is 9.88. The van der Waals surface area contributed by atoms with E-state index in [4.69, 9.17) is 9.15 Å². The SMILES string of the molecule is COc1ccc([C@H]2CN(C(=O)c3ccco3)C[C@H]2C(=O)NCC(C)C)cc1. The van der Waals surface area contributed by atoms with Crippen molar-refractivity contribution in [1.82, 2.24) is 10.2 Å². The summed E-state index contributed by atoms with van der Waals surface area (Å²) in [5, 5.41) is 3.02. The molecule has 6 heteroatoms. The van der Waals surface area contributed by atoms with Crippen molar-refractivity contribution >= 4 is 11.8 Å². The van der Waals surface area contributed by atoms with Gasteiger partial charge in [-0.25, -0.2) is 0 Å². The summed E-state index contributed by atoms with van der Waals surface area (Å²) in [6, 6.07) is 11.0. The van der Waals surface area contributed by atoms with Crippen molar-refractivity contribution in [2.24, 2.45) is 11.8 Å². The number of hydrogen-bond acceptors (Lipinski definition) is 4. The third kappa shape index (κ3) is 4.32. The van der Waals surface area contributed by atoms with Crippen LogP contribution in [0.3, 0.4) is 0 Å². The lowest BCUT2D eigenvalue weighted by molar-refractivity contribution is -0.125. The molecule has 2 aromatic rings. The highest BCUT2D eigenvalue weighted by molar-refractivity contribution is 5.92. The van der Waals surface area contributed by atoms with Crippen molar-refractivity contribution in [3.63, 3.8) is 0 Å². The summed E-state index contributed by atoms with van der Waals surface area (Å²) >= 11 is 0. The van der Waals surface area contributed by atoms with Crippen molar-refractivity contribution < 1.29 is 18.7 Å². The molecule has 0 aliphatic carbocycles. The van der Waals surface area contributed by atoms with E-state index < -0.39 is 0 Å². The van der Waals surface area contributed by atoms with E-state index >= 15 is 0 Å². The fraction of sp³-hybridized carbons (Fsp3) is 0.429. The Labute approximate surface area is 159 Å². The number of nitrogens with one attached hydrogen (secondary N) is 1. The van der Waals surface area contributed by atoms with E-state index in [2.05, 4.69) is 19.2 Å². The molecule has 6 nitrogen and oxygen atoms in total.